The zero-order chi connectivity index (χ0) is 12.3. The van der Waals surface area contributed by atoms with Gasteiger partial charge in [0.25, 0.3) is 0 Å². The molecule has 2 heterocycles. The Hall–Kier alpha value is -1.69. The van der Waals surface area contributed by atoms with Gasteiger partial charge in [-0.25, -0.2) is 14.8 Å². The molecule has 92 valence electrons. The van der Waals surface area contributed by atoms with Gasteiger partial charge in [0.15, 0.2) is 0 Å². The molecule has 0 aromatic carbocycles. The van der Waals surface area contributed by atoms with Crippen molar-refractivity contribution < 1.29 is 14.6 Å². The van der Waals surface area contributed by atoms with Crippen molar-refractivity contribution in [2.75, 3.05) is 25.1 Å². The van der Waals surface area contributed by atoms with Crippen LogP contribution in [-0.2, 0) is 4.74 Å². The van der Waals surface area contributed by atoms with Gasteiger partial charge in [0.2, 0.25) is 5.82 Å². The number of rotatable bonds is 2. The van der Waals surface area contributed by atoms with E-state index in [1.807, 2.05) is 4.90 Å². The number of carbonyl (C=O) groups excluding carboxylic acids is 1. The zero-order valence-corrected chi connectivity index (χ0v) is 9.67. The maximum absolute atomic E-state index is 11.3. The maximum Gasteiger partial charge on any atom is 0.376 e. The summed E-state index contributed by atoms with van der Waals surface area (Å²) in [6.07, 6.45) is 2.92. The van der Waals surface area contributed by atoms with Crippen LogP contribution in [0.25, 0.3) is 0 Å². The highest BCUT2D eigenvalue weighted by atomic mass is 16.5. The summed E-state index contributed by atoms with van der Waals surface area (Å²) in [5.74, 6) is 0.147. The zero-order valence-electron chi connectivity index (χ0n) is 9.67. The van der Waals surface area contributed by atoms with Gasteiger partial charge in [-0.2, -0.15) is 0 Å². The molecule has 2 rings (SSSR count). The molecule has 1 atom stereocenters. The highest BCUT2D eigenvalue weighted by Gasteiger charge is 2.20. The third kappa shape index (κ3) is 2.71. The SMILES string of the molecule is COC(=O)c1nccc(N2CCC[C@H](O)C2)n1. The number of nitrogens with zero attached hydrogens (tertiary/aromatic N) is 3. The van der Waals surface area contributed by atoms with Crippen LogP contribution in [0.2, 0.25) is 0 Å². The van der Waals surface area contributed by atoms with Crippen LogP contribution in [0.3, 0.4) is 0 Å². The second-order valence-electron chi connectivity index (χ2n) is 3.97. The lowest BCUT2D eigenvalue weighted by Crippen LogP contribution is -2.38. The summed E-state index contributed by atoms with van der Waals surface area (Å²) in [5.41, 5.74) is 0. The van der Waals surface area contributed by atoms with Crippen molar-refractivity contribution >= 4 is 11.8 Å². The number of anilines is 1. The lowest BCUT2D eigenvalue weighted by atomic mass is 10.1. The number of methoxy groups -OCH3 is 1. The molecule has 0 bridgehead atoms. The Bertz CT molecular complexity index is 411. The molecular formula is C11H15N3O3. The van der Waals surface area contributed by atoms with Gasteiger partial charge in [0.1, 0.15) is 5.82 Å². The lowest BCUT2D eigenvalue weighted by Gasteiger charge is -2.30. The minimum absolute atomic E-state index is 0.0464. The van der Waals surface area contributed by atoms with E-state index in [2.05, 4.69) is 14.7 Å². The number of carbonyl (C=O) groups is 1. The summed E-state index contributed by atoms with van der Waals surface area (Å²) in [7, 11) is 1.29. The van der Waals surface area contributed by atoms with Crippen LogP contribution in [0.1, 0.15) is 23.5 Å². The molecule has 1 aliphatic heterocycles. The molecule has 6 heteroatoms. The van der Waals surface area contributed by atoms with E-state index in [-0.39, 0.29) is 11.9 Å². The first-order valence-electron chi connectivity index (χ1n) is 5.55. The van der Waals surface area contributed by atoms with Crippen molar-refractivity contribution in [2.24, 2.45) is 0 Å². The fraction of sp³-hybridized carbons (Fsp3) is 0.545. The molecule has 1 aromatic rings. The first-order valence-corrected chi connectivity index (χ1v) is 5.55. The van der Waals surface area contributed by atoms with Gasteiger partial charge in [-0.05, 0) is 18.9 Å². The summed E-state index contributed by atoms with van der Waals surface area (Å²) in [6, 6.07) is 1.73. The Balaban J connectivity index is 2.17. The number of hydrogen-bond donors (Lipinski definition) is 1. The summed E-state index contributed by atoms with van der Waals surface area (Å²) in [6.45, 7) is 1.37. The van der Waals surface area contributed by atoms with Crippen LogP contribution < -0.4 is 4.90 Å². The van der Waals surface area contributed by atoms with Gasteiger partial charge < -0.3 is 14.7 Å². The topological polar surface area (TPSA) is 75.5 Å². The molecule has 0 amide bonds. The van der Waals surface area contributed by atoms with Crippen LogP contribution in [0.15, 0.2) is 12.3 Å². The Morgan fingerprint density at radius 2 is 2.47 bits per heavy atom. The molecule has 0 aliphatic carbocycles. The molecule has 6 nitrogen and oxygen atoms in total. The standard InChI is InChI=1S/C11H15N3O3/c1-17-11(16)10-12-5-4-9(13-10)14-6-2-3-8(15)7-14/h4-5,8,15H,2-3,6-7H2,1H3/t8-/m0/s1. The Morgan fingerprint density at radius 3 is 3.18 bits per heavy atom. The highest BCUT2D eigenvalue weighted by molar-refractivity contribution is 5.85. The number of piperidine rings is 1. The number of β-amino-alcohol motifs (C(OH)–C–C–N with tert-alkyl or cyclic N) is 1. The predicted molar refractivity (Wildman–Crippen MR) is 60.8 cm³/mol. The monoisotopic (exact) mass is 237 g/mol. The van der Waals surface area contributed by atoms with Crippen LogP contribution in [0, 0.1) is 0 Å². The van der Waals surface area contributed by atoms with Gasteiger partial charge in [0, 0.05) is 19.3 Å². The molecular weight excluding hydrogens is 222 g/mol. The predicted octanol–water partition coefficient (Wildman–Crippen LogP) is 0.224. The average Bonchev–Trinajstić information content (AvgIpc) is 2.38. The summed E-state index contributed by atoms with van der Waals surface area (Å²) < 4.78 is 4.57. The van der Waals surface area contributed by atoms with E-state index < -0.39 is 5.97 Å². The number of hydrogen-bond acceptors (Lipinski definition) is 6. The van der Waals surface area contributed by atoms with Gasteiger partial charge >= 0.3 is 5.97 Å². The second kappa shape index (κ2) is 5.09. The fourth-order valence-corrected chi connectivity index (χ4v) is 1.88. The molecule has 0 unspecified atom stereocenters. The van der Waals surface area contributed by atoms with Crippen molar-refractivity contribution in [3.8, 4) is 0 Å². The summed E-state index contributed by atoms with van der Waals surface area (Å²) in [4.78, 5) is 21.2. The van der Waals surface area contributed by atoms with Gasteiger partial charge in [-0.15, -0.1) is 0 Å². The number of aromatic nitrogens is 2. The van der Waals surface area contributed by atoms with Crippen LogP contribution in [0.4, 0.5) is 5.82 Å². The van der Waals surface area contributed by atoms with Crippen LogP contribution in [-0.4, -0.2) is 47.3 Å². The fourth-order valence-electron chi connectivity index (χ4n) is 1.88. The van der Waals surface area contributed by atoms with E-state index >= 15 is 0 Å². The third-order valence-electron chi connectivity index (χ3n) is 2.73. The van der Waals surface area contributed by atoms with Crippen molar-refractivity contribution in [3.63, 3.8) is 0 Å². The van der Waals surface area contributed by atoms with E-state index in [0.717, 1.165) is 19.4 Å². The number of esters is 1. The minimum Gasteiger partial charge on any atom is -0.463 e. The van der Waals surface area contributed by atoms with E-state index in [1.165, 1.54) is 13.3 Å². The number of ether oxygens (including phenoxy) is 1. The molecule has 1 N–H and O–H groups in total. The largest absolute Gasteiger partial charge is 0.463 e. The van der Waals surface area contributed by atoms with Crippen molar-refractivity contribution in [3.05, 3.63) is 18.1 Å². The van der Waals surface area contributed by atoms with E-state index in [1.54, 1.807) is 6.07 Å². The Labute approximate surface area is 99.2 Å². The summed E-state index contributed by atoms with van der Waals surface area (Å²) in [5, 5.41) is 9.59. The van der Waals surface area contributed by atoms with Crippen molar-refractivity contribution in [2.45, 2.75) is 18.9 Å². The van der Waals surface area contributed by atoms with Gasteiger partial charge in [0.05, 0.1) is 13.2 Å². The molecule has 17 heavy (non-hydrogen) atoms. The normalized spacial score (nSPS) is 20.1. The number of aliphatic hydroxyl groups excluding tert-OH is 1. The minimum atomic E-state index is -0.551. The molecule has 0 spiro atoms. The molecule has 0 saturated carbocycles. The van der Waals surface area contributed by atoms with E-state index in [9.17, 15) is 9.90 Å². The van der Waals surface area contributed by atoms with E-state index in [4.69, 9.17) is 0 Å². The smallest absolute Gasteiger partial charge is 0.376 e. The van der Waals surface area contributed by atoms with Crippen LogP contribution >= 0.6 is 0 Å². The quantitative estimate of drug-likeness (QED) is 0.742. The molecule has 1 aliphatic rings. The highest BCUT2D eigenvalue weighted by Crippen LogP contribution is 2.17. The lowest BCUT2D eigenvalue weighted by molar-refractivity contribution is 0.0586. The van der Waals surface area contributed by atoms with E-state index in [0.29, 0.717) is 12.4 Å². The summed E-state index contributed by atoms with van der Waals surface area (Å²) >= 11 is 0. The van der Waals surface area contributed by atoms with Crippen LogP contribution in [0.5, 0.6) is 0 Å². The van der Waals surface area contributed by atoms with Gasteiger partial charge in [-0.3, -0.25) is 0 Å². The molecule has 1 aromatic heterocycles. The number of aliphatic hydroxyl groups is 1. The average molecular weight is 237 g/mol. The second-order valence-corrected chi connectivity index (χ2v) is 3.97. The van der Waals surface area contributed by atoms with Crippen molar-refractivity contribution in [1.82, 2.24) is 9.97 Å². The molecule has 0 radical (unpaired) electrons. The van der Waals surface area contributed by atoms with Gasteiger partial charge in [-0.1, -0.05) is 0 Å². The first-order chi connectivity index (χ1) is 8.20. The first kappa shape index (κ1) is 11.8. The maximum atomic E-state index is 11.3. The third-order valence-corrected chi connectivity index (χ3v) is 2.73. The molecule has 1 fully saturated rings. The Morgan fingerprint density at radius 1 is 1.65 bits per heavy atom. The van der Waals surface area contributed by atoms with Crippen molar-refractivity contribution in [1.29, 1.82) is 0 Å². The molecule has 1 saturated heterocycles. The Kier molecular flexibility index (Phi) is 3.53.